The molecule has 0 saturated heterocycles. The van der Waals surface area contributed by atoms with Crippen LogP contribution in [0, 0.1) is 0 Å². The van der Waals surface area contributed by atoms with Crippen LogP contribution in [0.4, 0.5) is 0 Å². The van der Waals surface area contributed by atoms with Crippen molar-refractivity contribution in [1.82, 2.24) is 30.1 Å². The Balaban J connectivity index is 1.63. The molecular formula is C18H16Cl2N6O. The molecule has 1 aliphatic rings. The van der Waals surface area contributed by atoms with Crippen molar-refractivity contribution in [1.29, 1.82) is 0 Å². The lowest BCUT2D eigenvalue weighted by atomic mass is 10.0. The van der Waals surface area contributed by atoms with E-state index in [9.17, 15) is 4.79 Å². The normalized spacial score (nSPS) is 16.5. The van der Waals surface area contributed by atoms with Crippen LogP contribution in [0.1, 0.15) is 33.4 Å². The van der Waals surface area contributed by atoms with Gasteiger partial charge in [0.1, 0.15) is 5.69 Å². The predicted octanol–water partition coefficient (Wildman–Crippen LogP) is 3.30. The highest BCUT2D eigenvalue weighted by atomic mass is 35.5. The van der Waals surface area contributed by atoms with E-state index in [1.165, 1.54) is 0 Å². The van der Waals surface area contributed by atoms with E-state index in [1.54, 1.807) is 17.0 Å². The minimum atomic E-state index is -0.126. The molecule has 138 valence electrons. The number of benzene rings is 1. The van der Waals surface area contributed by atoms with Crippen LogP contribution in [0.3, 0.4) is 0 Å². The first kappa shape index (κ1) is 17.8. The van der Waals surface area contributed by atoms with Crippen LogP contribution in [0.15, 0.2) is 36.5 Å². The van der Waals surface area contributed by atoms with Crippen LogP contribution in [-0.4, -0.2) is 42.5 Å². The Kier molecular flexibility index (Phi) is 4.72. The number of aromatic amines is 1. The second-order valence-electron chi connectivity index (χ2n) is 6.24. The topological polar surface area (TPSA) is 79.7 Å². The smallest absolute Gasteiger partial charge is 0.255 e. The molecule has 1 aromatic carbocycles. The average molecular weight is 403 g/mol. The Morgan fingerprint density at radius 3 is 2.81 bits per heavy atom. The SMILES string of the molecule is Cn1ncc(Cl)c1CC1c2ccccc2C(=O)N1C/C=C/c1nn[nH]c1Cl. The van der Waals surface area contributed by atoms with Crippen molar-refractivity contribution in [2.75, 3.05) is 6.54 Å². The van der Waals surface area contributed by atoms with Crippen LogP contribution >= 0.6 is 23.2 Å². The number of nitrogens with one attached hydrogen (secondary N) is 1. The van der Waals surface area contributed by atoms with E-state index in [1.807, 2.05) is 42.3 Å². The molecule has 4 rings (SSSR count). The molecule has 1 aliphatic heterocycles. The molecule has 0 fully saturated rings. The van der Waals surface area contributed by atoms with Gasteiger partial charge in [-0.1, -0.05) is 52.7 Å². The summed E-state index contributed by atoms with van der Waals surface area (Å²) in [5, 5.41) is 15.3. The molecule has 1 N–H and O–H groups in total. The summed E-state index contributed by atoms with van der Waals surface area (Å²) in [5.74, 6) is -0.00945. The van der Waals surface area contributed by atoms with Crippen molar-refractivity contribution in [3.63, 3.8) is 0 Å². The van der Waals surface area contributed by atoms with Gasteiger partial charge in [0, 0.05) is 25.6 Å². The molecule has 0 bridgehead atoms. The summed E-state index contributed by atoms with van der Waals surface area (Å²) >= 11 is 12.2. The predicted molar refractivity (Wildman–Crippen MR) is 103 cm³/mol. The fourth-order valence-electron chi connectivity index (χ4n) is 3.33. The Morgan fingerprint density at radius 1 is 1.30 bits per heavy atom. The van der Waals surface area contributed by atoms with Gasteiger partial charge in [-0.2, -0.15) is 5.10 Å². The van der Waals surface area contributed by atoms with Gasteiger partial charge >= 0.3 is 0 Å². The monoisotopic (exact) mass is 402 g/mol. The zero-order valence-electron chi connectivity index (χ0n) is 14.4. The van der Waals surface area contributed by atoms with Gasteiger partial charge in [-0.3, -0.25) is 9.48 Å². The molecule has 0 spiro atoms. The largest absolute Gasteiger partial charge is 0.327 e. The van der Waals surface area contributed by atoms with Crippen molar-refractivity contribution in [2.45, 2.75) is 12.5 Å². The highest BCUT2D eigenvalue weighted by molar-refractivity contribution is 6.31. The average Bonchev–Trinajstić information content (AvgIpc) is 3.30. The Morgan fingerprint density at radius 2 is 2.11 bits per heavy atom. The molecule has 0 radical (unpaired) electrons. The molecule has 27 heavy (non-hydrogen) atoms. The minimum Gasteiger partial charge on any atom is -0.327 e. The van der Waals surface area contributed by atoms with Crippen molar-refractivity contribution < 1.29 is 4.79 Å². The second kappa shape index (κ2) is 7.17. The highest BCUT2D eigenvalue weighted by Gasteiger charge is 2.36. The number of aromatic nitrogens is 5. The van der Waals surface area contributed by atoms with E-state index in [2.05, 4.69) is 20.5 Å². The molecule has 0 aliphatic carbocycles. The summed E-state index contributed by atoms with van der Waals surface area (Å²) in [5.41, 5.74) is 3.13. The van der Waals surface area contributed by atoms with Crippen molar-refractivity contribution in [3.8, 4) is 0 Å². The summed E-state index contributed by atoms with van der Waals surface area (Å²) in [4.78, 5) is 14.8. The number of fused-ring (bicyclic) bond motifs is 1. The van der Waals surface area contributed by atoms with Gasteiger partial charge in [-0.05, 0) is 17.7 Å². The van der Waals surface area contributed by atoms with Crippen LogP contribution < -0.4 is 0 Å². The maximum atomic E-state index is 12.9. The minimum absolute atomic E-state index is 0.00945. The van der Waals surface area contributed by atoms with Gasteiger partial charge in [-0.25, -0.2) is 5.10 Å². The molecular weight excluding hydrogens is 387 g/mol. The number of aryl methyl sites for hydroxylation is 1. The molecule has 3 aromatic rings. The first-order chi connectivity index (χ1) is 13.1. The summed E-state index contributed by atoms with van der Waals surface area (Å²) < 4.78 is 1.75. The third-order valence-corrected chi connectivity index (χ3v) is 5.29. The molecule has 1 atom stereocenters. The standard InChI is InChI=1S/C18H16Cl2N6O/c1-25-16(13(19)10-21-25)9-15-11-5-2-3-6-12(11)18(27)26(15)8-4-7-14-17(20)23-24-22-14/h2-7,10,15H,8-9H2,1H3,(H,22,23,24)/b7-4+. The number of hydrogen-bond donors (Lipinski definition) is 1. The fourth-order valence-corrected chi connectivity index (χ4v) is 3.72. The van der Waals surface area contributed by atoms with Crippen LogP contribution in [0.25, 0.3) is 6.08 Å². The highest BCUT2D eigenvalue weighted by Crippen LogP contribution is 2.36. The van der Waals surface area contributed by atoms with Crippen molar-refractivity contribution >= 4 is 35.2 Å². The number of nitrogens with zero attached hydrogens (tertiary/aromatic N) is 5. The van der Waals surface area contributed by atoms with E-state index in [-0.39, 0.29) is 11.9 Å². The lowest BCUT2D eigenvalue weighted by molar-refractivity contribution is 0.0746. The lowest BCUT2D eigenvalue weighted by Gasteiger charge is -2.24. The first-order valence-electron chi connectivity index (χ1n) is 8.35. The van der Waals surface area contributed by atoms with E-state index in [4.69, 9.17) is 23.2 Å². The molecule has 0 saturated carbocycles. The molecule has 3 heterocycles. The number of carbonyl (C=O) groups excluding carboxylic acids is 1. The maximum absolute atomic E-state index is 12.9. The summed E-state index contributed by atoms with van der Waals surface area (Å²) in [6.45, 7) is 0.414. The van der Waals surface area contributed by atoms with E-state index in [0.717, 1.165) is 11.3 Å². The number of H-pyrrole nitrogens is 1. The third kappa shape index (κ3) is 3.24. The molecule has 9 heteroatoms. The van der Waals surface area contributed by atoms with Gasteiger partial charge in [-0.15, -0.1) is 5.10 Å². The van der Waals surface area contributed by atoms with E-state index < -0.39 is 0 Å². The summed E-state index contributed by atoms with van der Waals surface area (Å²) in [6, 6.07) is 7.53. The molecule has 7 nitrogen and oxygen atoms in total. The molecule has 1 amide bonds. The van der Waals surface area contributed by atoms with Gasteiger partial charge in [0.2, 0.25) is 0 Å². The van der Waals surface area contributed by atoms with Crippen molar-refractivity contribution in [3.05, 3.63) is 69.2 Å². The Hall–Kier alpha value is -2.64. The Bertz CT molecular complexity index is 1010. The number of hydrogen-bond acceptors (Lipinski definition) is 4. The summed E-state index contributed by atoms with van der Waals surface area (Å²) in [6.07, 6.45) is 5.80. The Labute approximate surface area is 165 Å². The van der Waals surface area contributed by atoms with Crippen LogP contribution in [0.5, 0.6) is 0 Å². The number of halogens is 2. The molecule has 1 unspecified atom stereocenters. The third-order valence-electron chi connectivity index (χ3n) is 4.69. The fraction of sp³-hybridized carbons (Fsp3) is 0.222. The maximum Gasteiger partial charge on any atom is 0.255 e. The van der Waals surface area contributed by atoms with Crippen molar-refractivity contribution in [2.24, 2.45) is 7.05 Å². The number of carbonyl (C=O) groups is 1. The zero-order valence-corrected chi connectivity index (χ0v) is 15.9. The number of rotatable bonds is 5. The van der Waals surface area contributed by atoms with Gasteiger partial charge in [0.15, 0.2) is 5.15 Å². The van der Waals surface area contributed by atoms with Crippen LogP contribution in [0.2, 0.25) is 10.2 Å². The zero-order chi connectivity index (χ0) is 19.0. The van der Waals surface area contributed by atoms with Gasteiger partial charge in [0.05, 0.1) is 23.0 Å². The van der Waals surface area contributed by atoms with E-state index >= 15 is 0 Å². The summed E-state index contributed by atoms with van der Waals surface area (Å²) in [7, 11) is 1.85. The molecule has 2 aromatic heterocycles. The number of amides is 1. The van der Waals surface area contributed by atoms with Gasteiger partial charge in [0.25, 0.3) is 5.91 Å². The second-order valence-corrected chi connectivity index (χ2v) is 7.03. The van der Waals surface area contributed by atoms with E-state index in [0.29, 0.717) is 34.4 Å². The first-order valence-corrected chi connectivity index (χ1v) is 9.11. The van der Waals surface area contributed by atoms with Crippen LogP contribution in [-0.2, 0) is 13.5 Å². The van der Waals surface area contributed by atoms with Gasteiger partial charge < -0.3 is 4.90 Å². The lowest BCUT2D eigenvalue weighted by Crippen LogP contribution is -2.30. The quantitative estimate of drug-likeness (QED) is 0.709.